The summed E-state index contributed by atoms with van der Waals surface area (Å²) < 4.78 is 30.6. The number of rotatable bonds is 6. The Morgan fingerprint density at radius 3 is 2.63 bits per heavy atom. The van der Waals surface area contributed by atoms with Crippen molar-refractivity contribution in [3.05, 3.63) is 12.0 Å². The summed E-state index contributed by atoms with van der Waals surface area (Å²) in [5.74, 6) is 1.77. The van der Waals surface area contributed by atoms with E-state index in [-0.39, 0.29) is 0 Å². The summed E-state index contributed by atoms with van der Waals surface area (Å²) in [6.07, 6.45) is 9.43. The van der Waals surface area contributed by atoms with E-state index >= 15 is 0 Å². The zero-order chi connectivity index (χ0) is 13.7. The van der Waals surface area contributed by atoms with Crippen LogP contribution in [0.25, 0.3) is 0 Å². The summed E-state index contributed by atoms with van der Waals surface area (Å²) in [5.41, 5.74) is 0. The van der Waals surface area contributed by atoms with Crippen molar-refractivity contribution in [1.29, 1.82) is 0 Å². The third-order valence-electron chi connectivity index (χ3n) is 4.47. The Bertz CT molecular complexity index is 393. The first-order chi connectivity index (χ1) is 9.11. The van der Waals surface area contributed by atoms with Crippen LogP contribution < -0.4 is 4.72 Å². The highest BCUT2D eigenvalue weighted by Gasteiger charge is 2.32. The number of sulfonamides is 1. The molecular formula is C14H25NO3S. The fourth-order valence-electron chi connectivity index (χ4n) is 3.45. The summed E-state index contributed by atoms with van der Waals surface area (Å²) in [6.45, 7) is 4.04. The Hall–Kier alpha value is -0.390. The SMILES string of the molecule is C=CS(=O)(=O)NCCOC1CCC2CCCCC2C1. The summed E-state index contributed by atoms with van der Waals surface area (Å²) >= 11 is 0. The average molecular weight is 287 g/mol. The van der Waals surface area contributed by atoms with Crippen LogP contribution in [0.2, 0.25) is 0 Å². The van der Waals surface area contributed by atoms with Crippen molar-refractivity contribution in [2.45, 2.75) is 51.0 Å². The van der Waals surface area contributed by atoms with E-state index in [2.05, 4.69) is 11.3 Å². The molecule has 3 atom stereocenters. The van der Waals surface area contributed by atoms with Gasteiger partial charge in [0.25, 0.3) is 0 Å². The molecule has 0 aliphatic heterocycles. The molecule has 0 heterocycles. The van der Waals surface area contributed by atoms with Crippen LogP contribution in [-0.2, 0) is 14.8 Å². The smallest absolute Gasteiger partial charge is 0.233 e. The predicted octanol–water partition coefficient (Wildman–Crippen LogP) is 2.42. The third-order valence-corrected chi connectivity index (χ3v) is 5.52. The van der Waals surface area contributed by atoms with E-state index in [4.69, 9.17) is 4.74 Å². The first-order valence-corrected chi connectivity index (χ1v) is 8.89. The van der Waals surface area contributed by atoms with Crippen LogP contribution in [0.5, 0.6) is 0 Å². The van der Waals surface area contributed by atoms with Crippen molar-refractivity contribution < 1.29 is 13.2 Å². The maximum Gasteiger partial charge on any atom is 0.233 e. The van der Waals surface area contributed by atoms with Gasteiger partial charge in [-0.3, -0.25) is 0 Å². The van der Waals surface area contributed by atoms with Crippen LogP contribution >= 0.6 is 0 Å². The second-order valence-electron chi connectivity index (χ2n) is 5.72. The first-order valence-electron chi connectivity index (χ1n) is 7.34. The molecule has 0 amide bonds. The van der Waals surface area contributed by atoms with Gasteiger partial charge in [-0.05, 0) is 31.1 Å². The Kier molecular flexibility index (Phi) is 5.42. The maximum absolute atomic E-state index is 11.2. The van der Waals surface area contributed by atoms with Gasteiger partial charge in [0.1, 0.15) is 0 Å². The second-order valence-corrected chi connectivity index (χ2v) is 7.43. The van der Waals surface area contributed by atoms with Crippen molar-refractivity contribution in [3.63, 3.8) is 0 Å². The monoisotopic (exact) mass is 287 g/mol. The molecule has 5 heteroatoms. The van der Waals surface area contributed by atoms with Gasteiger partial charge in [-0.1, -0.05) is 32.3 Å². The number of ether oxygens (including phenoxy) is 1. The minimum atomic E-state index is -3.31. The molecule has 2 fully saturated rings. The Morgan fingerprint density at radius 2 is 1.89 bits per heavy atom. The highest BCUT2D eigenvalue weighted by Crippen LogP contribution is 2.41. The van der Waals surface area contributed by atoms with Gasteiger partial charge in [0.2, 0.25) is 10.0 Å². The first kappa shape index (κ1) is 15.0. The topological polar surface area (TPSA) is 55.4 Å². The van der Waals surface area contributed by atoms with Crippen LogP contribution in [0.1, 0.15) is 44.9 Å². The van der Waals surface area contributed by atoms with E-state index in [0.29, 0.717) is 19.3 Å². The van der Waals surface area contributed by atoms with Crippen molar-refractivity contribution in [1.82, 2.24) is 4.72 Å². The molecule has 0 aromatic carbocycles. The molecule has 0 aromatic heterocycles. The Labute approximate surface area is 116 Å². The molecule has 2 aliphatic rings. The standard InChI is InChI=1S/C14H25NO3S/c1-2-19(16,17)15-9-10-18-14-8-7-12-5-3-4-6-13(12)11-14/h2,12-15H,1,3-11H2. The highest BCUT2D eigenvalue weighted by molar-refractivity contribution is 7.92. The summed E-state index contributed by atoms with van der Waals surface area (Å²) in [7, 11) is -3.31. The van der Waals surface area contributed by atoms with Gasteiger partial charge < -0.3 is 4.74 Å². The largest absolute Gasteiger partial charge is 0.377 e. The van der Waals surface area contributed by atoms with E-state index in [0.717, 1.165) is 23.7 Å². The maximum atomic E-state index is 11.2. The lowest BCUT2D eigenvalue weighted by Crippen LogP contribution is -2.33. The van der Waals surface area contributed by atoms with Crippen LogP contribution in [0.3, 0.4) is 0 Å². The third kappa shape index (κ3) is 4.58. The van der Waals surface area contributed by atoms with E-state index < -0.39 is 10.0 Å². The molecule has 0 bridgehead atoms. The molecule has 0 radical (unpaired) electrons. The van der Waals surface area contributed by atoms with Crippen molar-refractivity contribution in [3.8, 4) is 0 Å². The number of hydrogen-bond acceptors (Lipinski definition) is 3. The number of hydrogen-bond donors (Lipinski definition) is 1. The summed E-state index contributed by atoms with van der Waals surface area (Å²) in [4.78, 5) is 0. The minimum absolute atomic E-state index is 0.326. The van der Waals surface area contributed by atoms with Gasteiger partial charge in [-0.15, -0.1) is 0 Å². The van der Waals surface area contributed by atoms with Gasteiger partial charge >= 0.3 is 0 Å². The number of nitrogens with one attached hydrogen (secondary N) is 1. The molecule has 0 saturated heterocycles. The van der Waals surface area contributed by atoms with Gasteiger partial charge in [0, 0.05) is 12.0 Å². The average Bonchev–Trinajstić information content (AvgIpc) is 2.43. The normalized spacial score (nSPS) is 31.7. The molecule has 0 aromatic rings. The Morgan fingerprint density at radius 1 is 1.16 bits per heavy atom. The van der Waals surface area contributed by atoms with E-state index in [9.17, 15) is 8.42 Å². The van der Waals surface area contributed by atoms with Crippen LogP contribution in [0.4, 0.5) is 0 Å². The van der Waals surface area contributed by atoms with Crippen molar-refractivity contribution >= 4 is 10.0 Å². The molecule has 1 N–H and O–H groups in total. The summed E-state index contributed by atoms with van der Waals surface area (Å²) in [5, 5.41) is 0.931. The predicted molar refractivity (Wildman–Crippen MR) is 76.2 cm³/mol. The molecule has 3 unspecified atom stereocenters. The van der Waals surface area contributed by atoms with Crippen molar-refractivity contribution in [2.24, 2.45) is 11.8 Å². The molecule has 2 aliphatic carbocycles. The van der Waals surface area contributed by atoms with Crippen molar-refractivity contribution in [2.75, 3.05) is 13.2 Å². The van der Waals surface area contributed by atoms with Crippen LogP contribution in [0, 0.1) is 11.8 Å². The molecule has 0 spiro atoms. The fourth-order valence-corrected chi connectivity index (χ4v) is 3.94. The van der Waals surface area contributed by atoms with Crippen LogP contribution in [0.15, 0.2) is 12.0 Å². The van der Waals surface area contributed by atoms with E-state index in [1.807, 2.05) is 0 Å². The lowest BCUT2D eigenvalue weighted by atomic mass is 9.70. The zero-order valence-electron chi connectivity index (χ0n) is 11.5. The van der Waals surface area contributed by atoms with Gasteiger partial charge in [-0.25, -0.2) is 13.1 Å². The van der Waals surface area contributed by atoms with E-state index in [1.54, 1.807) is 0 Å². The molecule has 19 heavy (non-hydrogen) atoms. The molecule has 4 nitrogen and oxygen atoms in total. The summed E-state index contributed by atoms with van der Waals surface area (Å²) in [6, 6.07) is 0. The van der Waals surface area contributed by atoms with Gasteiger partial charge in [0.05, 0.1) is 12.7 Å². The lowest BCUT2D eigenvalue weighted by molar-refractivity contribution is -0.0102. The molecular weight excluding hydrogens is 262 g/mol. The highest BCUT2D eigenvalue weighted by atomic mass is 32.2. The zero-order valence-corrected chi connectivity index (χ0v) is 12.3. The van der Waals surface area contributed by atoms with Gasteiger partial charge in [0.15, 0.2) is 0 Å². The van der Waals surface area contributed by atoms with E-state index in [1.165, 1.54) is 38.5 Å². The quantitative estimate of drug-likeness (QED) is 0.763. The molecule has 2 saturated carbocycles. The fraction of sp³-hybridized carbons (Fsp3) is 0.857. The minimum Gasteiger partial charge on any atom is -0.377 e. The molecule has 110 valence electrons. The second kappa shape index (κ2) is 6.86. The van der Waals surface area contributed by atoms with Crippen LogP contribution in [-0.4, -0.2) is 27.7 Å². The lowest BCUT2D eigenvalue weighted by Gasteiger charge is -2.39. The Balaban J connectivity index is 1.65. The number of fused-ring (bicyclic) bond motifs is 1. The van der Waals surface area contributed by atoms with Gasteiger partial charge in [-0.2, -0.15) is 0 Å². The molecule has 2 rings (SSSR count).